The van der Waals surface area contributed by atoms with Crippen LogP contribution in [0.5, 0.6) is 0 Å². The molecular formula is C30H44O5. The van der Waals surface area contributed by atoms with Crippen molar-refractivity contribution in [2.24, 2.45) is 45.8 Å². The summed E-state index contributed by atoms with van der Waals surface area (Å²) in [5, 5.41) is 21.6. The van der Waals surface area contributed by atoms with E-state index in [1.165, 1.54) is 0 Å². The molecular weight excluding hydrogens is 440 g/mol. The fourth-order valence-corrected chi connectivity index (χ4v) is 9.10. The van der Waals surface area contributed by atoms with Gasteiger partial charge in [-0.15, -0.1) is 0 Å². The summed E-state index contributed by atoms with van der Waals surface area (Å²) in [5.74, 6) is -0.138. The summed E-state index contributed by atoms with van der Waals surface area (Å²) in [5.41, 5.74) is -1.00. The average molecular weight is 485 g/mol. The van der Waals surface area contributed by atoms with Gasteiger partial charge in [-0.3, -0.25) is 9.59 Å². The Kier molecular flexibility index (Phi) is 6.31. The highest BCUT2D eigenvalue weighted by molar-refractivity contribution is 5.89. The molecule has 0 bridgehead atoms. The van der Waals surface area contributed by atoms with Gasteiger partial charge in [-0.25, -0.2) is 4.79 Å². The second kappa shape index (κ2) is 8.39. The number of hydrogen-bond acceptors (Lipinski definition) is 4. The summed E-state index contributed by atoms with van der Waals surface area (Å²) >= 11 is 0. The molecule has 0 aliphatic heterocycles. The number of carboxylic acid groups (broad SMARTS) is 1. The minimum Gasteiger partial charge on any atom is -0.478 e. The van der Waals surface area contributed by atoms with E-state index in [1.54, 1.807) is 13.0 Å². The first-order valence-corrected chi connectivity index (χ1v) is 13.5. The van der Waals surface area contributed by atoms with E-state index in [2.05, 4.69) is 27.4 Å². The minimum atomic E-state index is -0.981. The van der Waals surface area contributed by atoms with Gasteiger partial charge in [-0.1, -0.05) is 52.8 Å². The molecule has 0 radical (unpaired) electrons. The van der Waals surface area contributed by atoms with E-state index in [0.717, 1.165) is 24.8 Å². The molecule has 2 unspecified atom stereocenters. The molecule has 0 saturated heterocycles. The van der Waals surface area contributed by atoms with E-state index in [-0.39, 0.29) is 35.4 Å². The molecule has 0 aromatic heterocycles. The van der Waals surface area contributed by atoms with Crippen LogP contribution in [0.1, 0.15) is 92.9 Å². The lowest BCUT2D eigenvalue weighted by Crippen LogP contribution is -2.64. The van der Waals surface area contributed by atoms with Gasteiger partial charge < -0.3 is 10.2 Å². The van der Waals surface area contributed by atoms with Crippen molar-refractivity contribution >= 4 is 17.5 Å². The molecule has 5 heteroatoms. The van der Waals surface area contributed by atoms with Crippen molar-refractivity contribution in [2.45, 2.75) is 98.5 Å². The van der Waals surface area contributed by atoms with Crippen LogP contribution in [0.3, 0.4) is 0 Å². The normalized spacial score (nSPS) is 43.9. The summed E-state index contributed by atoms with van der Waals surface area (Å²) in [6, 6.07) is 0. The lowest BCUT2D eigenvalue weighted by molar-refractivity contribution is -0.210. The van der Waals surface area contributed by atoms with Crippen molar-refractivity contribution in [1.82, 2.24) is 0 Å². The first-order chi connectivity index (χ1) is 16.1. The number of aliphatic hydroxyl groups is 1. The molecule has 4 saturated carbocycles. The molecule has 4 rings (SSSR count). The van der Waals surface area contributed by atoms with Gasteiger partial charge in [0.25, 0.3) is 0 Å². The summed E-state index contributed by atoms with van der Waals surface area (Å²) in [6.45, 7) is 16.6. The first kappa shape index (κ1) is 26.3. The van der Waals surface area contributed by atoms with Crippen molar-refractivity contribution in [3.05, 3.63) is 23.8 Å². The number of rotatable bonds is 5. The van der Waals surface area contributed by atoms with Crippen molar-refractivity contribution in [1.29, 1.82) is 0 Å². The Hall–Kier alpha value is -1.75. The van der Waals surface area contributed by atoms with Crippen LogP contribution in [0.25, 0.3) is 0 Å². The lowest BCUT2D eigenvalue weighted by atomic mass is 9.43. The molecule has 4 aliphatic carbocycles. The zero-order chi connectivity index (χ0) is 26.1. The molecule has 5 nitrogen and oxygen atoms in total. The summed E-state index contributed by atoms with van der Waals surface area (Å²) in [4.78, 5) is 37.8. The van der Waals surface area contributed by atoms with Crippen LogP contribution in [0.2, 0.25) is 0 Å². The second-order valence-electron chi connectivity index (χ2n) is 13.3. The summed E-state index contributed by atoms with van der Waals surface area (Å²) < 4.78 is 0. The van der Waals surface area contributed by atoms with Crippen LogP contribution in [0, 0.1) is 45.8 Å². The average Bonchev–Trinajstić information content (AvgIpc) is 3.03. The van der Waals surface area contributed by atoms with Gasteiger partial charge in [0.1, 0.15) is 11.6 Å². The smallest absolute Gasteiger partial charge is 0.330 e. The van der Waals surface area contributed by atoms with E-state index < -0.39 is 27.8 Å². The monoisotopic (exact) mass is 484 g/mol. The third-order valence-electron chi connectivity index (χ3n) is 11.5. The van der Waals surface area contributed by atoms with Crippen molar-refractivity contribution in [3.63, 3.8) is 0 Å². The number of fused-ring (bicyclic) bond motifs is 5. The van der Waals surface area contributed by atoms with Crippen LogP contribution in [0.15, 0.2) is 23.8 Å². The topological polar surface area (TPSA) is 91.7 Å². The van der Waals surface area contributed by atoms with Crippen LogP contribution >= 0.6 is 0 Å². The molecule has 0 amide bonds. The fourth-order valence-electron chi connectivity index (χ4n) is 9.10. The minimum absolute atomic E-state index is 0.0517. The Morgan fingerprint density at radius 2 is 1.77 bits per heavy atom. The third-order valence-corrected chi connectivity index (χ3v) is 11.5. The highest BCUT2D eigenvalue weighted by Gasteiger charge is 2.74. The van der Waals surface area contributed by atoms with Crippen LogP contribution < -0.4 is 0 Å². The molecule has 0 heterocycles. The highest BCUT2D eigenvalue weighted by Crippen LogP contribution is 2.72. The van der Waals surface area contributed by atoms with Gasteiger partial charge in [-0.05, 0) is 69.1 Å². The van der Waals surface area contributed by atoms with Gasteiger partial charge in [0.15, 0.2) is 0 Å². The number of allylic oxidation sites excluding steroid dienone is 2. The number of carboxylic acids is 1. The van der Waals surface area contributed by atoms with Crippen LogP contribution in [-0.2, 0) is 14.4 Å². The molecule has 0 aromatic carbocycles. The Morgan fingerprint density at radius 1 is 1.14 bits per heavy atom. The van der Waals surface area contributed by atoms with E-state index in [4.69, 9.17) is 5.11 Å². The van der Waals surface area contributed by atoms with Crippen molar-refractivity contribution < 1.29 is 24.6 Å². The Bertz CT molecular complexity index is 991. The number of ketones is 2. The predicted octanol–water partition coefficient (Wildman–Crippen LogP) is 5.76. The second-order valence-corrected chi connectivity index (χ2v) is 13.3. The number of carbonyl (C=O) groups is 3. The van der Waals surface area contributed by atoms with E-state index in [1.807, 2.05) is 13.8 Å². The summed E-state index contributed by atoms with van der Waals surface area (Å²) in [7, 11) is 0. The largest absolute Gasteiger partial charge is 0.478 e. The maximum atomic E-state index is 13.9. The molecule has 8 atom stereocenters. The molecule has 35 heavy (non-hydrogen) atoms. The molecule has 194 valence electrons. The van der Waals surface area contributed by atoms with Crippen LogP contribution in [-0.4, -0.2) is 33.3 Å². The maximum Gasteiger partial charge on any atom is 0.330 e. The lowest BCUT2D eigenvalue weighted by Gasteiger charge is -2.62. The first-order valence-electron chi connectivity index (χ1n) is 13.5. The third kappa shape index (κ3) is 3.54. The van der Waals surface area contributed by atoms with Gasteiger partial charge in [-0.2, -0.15) is 0 Å². The number of hydrogen-bond donors (Lipinski definition) is 2. The quantitative estimate of drug-likeness (QED) is 0.382. The SMILES string of the molecule is C=C1[C@H]2CC3(O)C(CC[C@H]4C(C)(C)C(=O)CC[C@@]43C)[C@]2(C)C(=O)C[C@@H]1[C@H](C)CC/C=C(/C)C(=O)O. The number of aliphatic carboxylic acids is 1. The standard InChI is InChI=1S/C30H44O5/c1-17(9-8-10-18(2)26(33)34)20-15-25(32)29(7)21(19(20)3)16-30(35)23(29)12-11-22-27(4,5)24(31)13-14-28(22,30)6/h10,17,20-23,35H,3,8-9,11-16H2,1-2,4-7H3,(H,33,34)/b18-10-/t17-,20-,21-,22+,23?,28+,29-,30?/m1/s1. The Labute approximate surface area is 210 Å². The number of carbonyl (C=O) groups excluding carboxylic acids is 2. The maximum absolute atomic E-state index is 13.9. The molecule has 4 aliphatic rings. The summed E-state index contributed by atoms with van der Waals surface area (Å²) in [6.07, 6.45) is 7.06. The molecule has 2 N–H and O–H groups in total. The zero-order valence-electron chi connectivity index (χ0n) is 22.4. The van der Waals surface area contributed by atoms with Crippen LogP contribution in [0.4, 0.5) is 0 Å². The zero-order valence-corrected chi connectivity index (χ0v) is 22.4. The fraction of sp³-hybridized carbons (Fsp3) is 0.767. The van der Waals surface area contributed by atoms with Crippen molar-refractivity contribution in [2.75, 3.05) is 0 Å². The Morgan fingerprint density at radius 3 is 2.40 bits per heavy atom. The van der Waals surface area contributed by atoms with E-state index in [0.29, 0.717) is 43.5 Å². The molecule has 0 spiro atoms. The molecule has 0 aromatic rings. The number of Topliss-reactive ketones (excluding diaryl/α,β-unsaturated/α-hetero) is 2. The molecule has 4 fully saturated rings. The van der Waals surface area contributed by atoms with Gasteiger partial charge in [0.05, 0.1) is 5.60 Å². The van der Waals surface area contributed by atoms with E-state index >= 15 is 0 Å². The Balaban J connectivity index is 1.62. The van der Waals surface area contributed by atoms with Gasteiger partial charge >= 0.3 is 5.97 Å². The highest BCUT2D eigenvalue weighted by atomic mass is 16.4. The van der Waals surface area contributed by atoms with E-state index in [9.17, 15) is 19.5 Å². The van der Waals surface area contributed by atoms with Gasteiger partial charge in [0, 0.05) is 40.6 Å². The van der Waals surface area contributed by atoms with Crippen molar-refractivity contribution in [3.8, 4) is 0 Å². The predicted molar refractivity (Wildman–Crippen MR) is 136 cm³/mol. The van der Waals surface area contributed by atoms with Gasteiger partial charge in [0.2, 0.25) is 0 Å².